The van der Waals surface area contributed by atoms with E-state index in [1.165, 1.54) is 0 Å². The molecule has 4 N–H and O–H groups in total. The van der Waals surface area contributed by atoms with Crippen LogP contribution >= 0.6 is 11.8 Å². The molecule has 3 rings (SSSR count). The van der Waals surface area contributed by atoms with Gasteiger partial charge in [0.15, 0.2) is 0 Å². The number of nitrogens with zero attached hydrogens (tertiary/aromatic N) is 2. The van der Waals surface area contributed by atoms with Crippen LogP contribution in [0.15, 0.2) is 81.6 Å². The van der Waals surface area contributed by atoms with E-state index in [1.807, 2.05) is 102 Å². The summed E-state index contributed by atoms with van der Waals surface area (Å²) in [6.07, 6.45) is 2.28. The molecule has 1 amide bonds. The smallest absolute Gasteiger partial charge is 0.229 e. The maximum atomic E-state index is 13.0. The van der Waals surface area contributed by atoms with Crippen molar-refractivity contribution in [2.24, 2.45) is 16.3 Å². The highest BCUT2D eigenvalue weighted by atomic mass is 32.2. The van der Waals surface area contributed by atoms with Gasteiger partial charge in [0.2, 0.25) is 5.91 Å². The number of pyridine rings is 1. The van der Waals surface area contributed by atoms with E-state index < -0.39 is 0 Å². The average molecular weight is 543 g/mol. The molecule has 0 aliphatic carbocycles. The summed E-state index contributed by atoms with van der Waals surface area (Å²) in [6.45, 7) is 11.8. The SMILES string of the molecule is Cc1ccc(N=C(CC(=N)C(C)(C)C)NC(=O)Cc2ccc(Sc3ccc(=N)n(C(=N)C(C)C)c3)cc2)cc1. The molecule has 1 heterocycles. The van der Waals surface area contributed by atoms with Crippen LogP contribution in [0.2, 0.25) is 0 Å². The molecule has 0 saturated carbocycles. The molecule has 1 aromatic heterocycles. The highest BCUT2D eigenvalue weighted by molar-refractivity contribution is 7.99. The van der Waals surface area contributed by atoms with Crippen molar-refractivity contribution in [1.82, 2.24) is 9.88 Å². The molecule has 0 bridgehead atoms. The largest absolute Gasteiger partial charge is 0.314 e. The highest BCUT2D eigenvalue weighted by Gasteiger charge is 2.20. The summed E-state index contributed by atoms with van der Waals surface area (Å²) in [5.41, 5.74) is 3.20. The Kier molecular flexibility index (Phi) is 9.81. The van der Waals surface area contributed by atoms with Crippen LogP contribution in [0, 0.1) is 34.5 Å². The fraction of sp³-hybridized carbons (Fsp3) is 0.323. The summed E-state index contributed by atoms with van der Waals surface area (Å²) >= 11 is 1.55. The molecule has 0 unspecified atom stereocenters. The van der Waals surface area contributed by atoms with Crippen molar-refractivity contribution in [1.29, 1.82) is 16.2 Å². The summed E-state index contributed by atoms with van der Waals surface area (Å²) < 4.78 is 1.60. The zero-order valence-corrected chi connectivity index (χ0v) is 24.4. The van der Waals surface area contributed by atoms with Crippen molar-refractivity contribution in [3.8, 4) is 0 Å². The van der Waals surface area contributed by atoms with Gasteiger partial charge in [-0.05, 0) is 54.3 Å². The van der Waals surface area contributed by atoms with Crippen LogP contribution in [-0.2, 0) is 11.2 Å². The molecule has 7 nitrogen and oxygen atoms in total. The number of amidine groups is 1. The molecule has 0 aliphatic heterocycles. The molecule has 0 saturated heterocycles. The Hall–Kier alpha value is -3.78. The first-order chi connectivity index (χ1) is 18.3. The first-order valence-corrected chi connectivity index (χ1v) is 13.8. The van der Waals surface area contributed by atoms with Crippen LogP contribution in [0.4, 0.5) is 5.69 Å². The van der Waals surface area contributed by atoms with Gasteiger partial charge in [0.1, 0.15) is 17.2 Å². The third-order valence-corrected chi connectivity index (χ3v) is 7.07. The summed E-state index contributed by atoms with van der Waals surface area (Å²) in [5.74, 6) is 0.689. The van der Waals surface area contributed by atoms with Crippen LogP contribution in [0.5, 0.6) is 0 Å². The van der Waals surface area contributed by atoms with Gasteiger partial charge in [-0.25, -0.2) is 4.99 Å². The predicted octanol–water partition coefficient (Wildman–Crippen LogP) is 6.75. The van der Waals surface area contributed by atoms with Crippen molar-refractivity contribution in [2.75, 3.05) is 0 Å². The maximum Gasteiger partial charge on any atom is 0.229 e. The minimum atomic E-state index is -0.318. The molecule has 3 aromatic rings. The van der Waals surface area contributed by atoms with Crippen molar-refractivity contribution < 1.29 is 4.79 Å². The first kappa shape index (κ1) is 29.8. The Bertz CT molecular complexity index is 1430. The molecule has 2 aromatic carbocycles. The van der Waals surface area contributed by atoms with E-state index in [0.29, 0.717) is 17.4 Å². The van der Waals surface area contributed by atoms with Crippen LogP contribution in [-0.4, -0.2) is 27.9 Å². The number of carbonyl (C=O) groups is 1. The predicted molar refractivity (Wildman–Crippen MR) is 161 cm³/mol. The van der Waals surface area contributed by atoms with E-state index in [1.54, 1.807) is 22.4 Å². The van der Waals surface area contributed by atoms with Gasteiger partial charge >= 0.3 is 0 Å². The van der Waals surface area contributed by atoms with Gasteiger partial charge in [0.25, 0.3) is 0 Å². The van der Waals surface area contributed by atoms with Crippen LogP contribution in [0.3, 0.4) is 0 Å². The topological polar surface area (TPSA) is 118 Å². The second kappa shape index (κ2) is 12.8. The van der Waals surface area contributed by atoms with Crippen LogP contribution < -0.4 is 10.8 Å². The number of nitrogens with one attached hydrogen (secondary N) is 4. The second-order valence-corrected chi connectivity index (χ2v) is 12.1. The normalized spacial score (nSPS) is 11.9. The lowest BCUT2D eigenvalue weighted by molar-refractivity contribution is -0.119. The minimum Gasteiger partial charge on any atom is -0.314 e. The Morgan fingerprint density at radius 2 is 1.59 bits per heavy atom. The Balaban J connectivity index is 1.70. The molecule has 0 fully saturated rings. The maximum absolute atomic E-state index is 13.0. The molecular weight excluding hydrogens is 504 g/mol. The zero-order valence-electron chi connectivity index (χ0n) is 23.6. The summed E-state index contributed by atoms with van der Waals surface area (Å²) in [6, 6.07) is 19.1. The number of aryl methyl sites for hydroxylation is 1. The molecule has 39 heavy (non-hydrogen) atoms. The number of amides is 1. The lowest BCUT2D eigenvalue weighted by atomic mass is 9.88. The van der Waals surface area contributed by atoms with Gasteiger partial charge in [-0.2, -0.15) is 0 Å². The van der Waals surface area contributed by atoms with E-state index >= 15 is 0 Å². The number of rotatable bonds is 8. The van der Waals surface area contributed by atoms with E-state index in [-0.39, 0.29) is 35.6 Å². The van der Waals surface area contributed by atoms with Crippen molar-refractivity contribution >= 4 is 40.7 Å². The second-order valence-electron chi connectivity index (χ2n) is 10.9. The highest BCUT2D eigenvalue weighted by Crippen LogP contribution is 2.27. The fourth-order valence-corrected chi connectivity index (χ4v) is 4.38. The quantitative estimate of drug-likeness (QED) is 0.186. The summed E-state index contributed by atoms with van der Waals surface area (Å²) in [5, 5.41) is 27.8. The fourth-order valence-electron chi connectivity index (χ4n) is 3.54. The van der Waals surface area contributed by atoms with Crippen LogP contribution in [0.25, 0.3) is 0 Å². The standard InChI is InChI=1S/C31H38N6OS/c1-20(2)30(34)37-19-25(15-16-27(37)33)39-24-13-9-22(10-14-24)17-29(38)36-28(18-26(32)31(4,5)6)35-23-11-7-21(3)8-12-23/h7-16,19-20,32-34H,17-18H2,1-6H3,(H,35,36,38). The zero-order chi connectivity index (χ0) is 28.7. The lowest BCUT2D eigenvalue weighted by Gasteiger charge is -2.21. The van der Waals surface area contributed by atoms with Gasteiger partial charge in [0, 0.05) is 34.0 Å². The van der Waals surface area contributed by atoms with E-state index in [4.69, 9.17) is 16.2 Å². The van der Waals surface area contributed by atoms with E-state index in [2.05, 4.69) is 10.3 Å². The van der Waals surface area contributed by atoms with Gasteiger partial charge in [-0.1, -0.05) is 76.2 Å². The molecule has 0 spiro atoms. The summed E-state index contributed by atoms with van der Waals surface area (Å²) in [7, 11) is 0. The average Bonchev–Trinajstić information content (AvgIpc) is 2.86. The molecular formula is C31H38N6OS. The Morgan fingerprint density at radius 3 is 2.18 bits per heavy atom. The number of aromatic nitrogens is 1. The van der Waals surface area contributed by atoms with Gasteiger partial charge in [-0.15, -0.1) is 0 Å². The minimum absolute atomic E-state index is 0.0197. The first-order valence-electron chi connectivity index (χ1n) is 13.0. The number of benzene rings is 2. The monoisotopic (exact) mass is 542 g/mol. The Labute approximate surface area is 235 Å². The summed E-state index contributed by atoms with van der Waals surface area (Å²) in [4.78, 5) is 19.5. The number of hydrogen-bond acceptors (Lipinski definition) is 6. The molecule has 0 aliphatic rings. The molecule has 0 radical (unpaired) electrons. The van der Waals surface area contributed by atoms with Crippen molar-refractivity contribution in [3.05, 3.63) is 83.5 Å². The van der Waals surface area contributed by atoms with Gasteiger partial charge in [-0.3, -0.25) is 20.2 Å². The molecule has 0 atom stereocenters. The lowest BCUT2D eigenvalue weighted by Crippen LogP contribution is -2.35. The van der Waals surface area contributed by atoms with Gasteiger partial charge in [0.05, 0.1) is 12.1 Å². The van der Waals surface area contributed by atoms with Crippen molar-refractivity contribution in [2.45, 2.75) is 64.2 Å². The Morgan fingerprint density at radius 1 is 0.974 bits per heavy atom. The molecule has 204 valence electrons. The van der Waals surface area contributed by atoms with E-state index in [0.717, 1.165) is 26.6 Å². The van der Waals surface area contributed by atoms with Gasteiger partial charge < -0.3 is 10.7 Å². The number of carbonyl (C=O) groups excluding carboxylic acids is 1. The third-order valence-electron chi connectivity index (χ3n) is 6.08. The van der Waals surface area contributed by atoms with E-state index in [9.17, 15) is 4.79 Å². The number of aliphatic imine (C=N–C) groups is 1. The van der Waals surface area contributed by atoms with Crippen molar-refractivity contribution in [3.63, 3.8) is 0 Å². The number of hydrogen-bond donors (Lipinski definition) is 4. The third kappa shape index (κ3) is 8.89. The van der Waals surface area contributed by atoms with Crippen LogP contribution in [0.1, 0.15) is 52.2 Å². The molecule has 8 heteroatoms.